The molecule has 1 aromatic carbocycles. The molecule has 7 nitrogen and oxygen atoms in total. The number of nitrogens with zero attached hydrogens (tertiary/aromatic N) is 1. The smallest absolute Gasteiger partial charge is 0.321 e. The van der Waals surface area contributed by atoms with Gasteiger partial charge in [-0.2, -0.15) is 0 Å². The van der Waals surface area contributed by atoms with Crippen LogP contribution in [0, 0.1) is 0 Å². The van der Waals surface area contributed by atoms with Crippen molar-refractivity contribution in [2.45, 2.75) is 36.7 Å². The summed E-state index contributed by atoms with van der Waals surface area (Å²) >= 11 is 0. The molecule has 3 rings (SSSR count). The zero-order chi connectivity index (χ0) is 17.0. The van der Waals surface area contributed by atoms with E-state index in [0.29, 0.717) is 12.3 Å². The van der Waals surface area contributed by atoms with E-state index in [1.165, 1.54) is 12.1 Å². The van der Waals surface area contributed by atoms with Crippen LogP contribution >= 0.6 is 0 Å². The number of hydrogen-bond donors (Lipinski definition) is 2. The number of hydrogen-bond acceptors (Lipinski definition) is 4. The second kappa shape index (κ2) is 7.50. The number of likely N-dealkylation sites (tertiary alicyclic amines) is 1. The van der Waals surface area contributed by atoms with Crippen molar-refractivity contribution in [3.05, 3.63) is 24.3 Å². The average Bonchev–Trinajstić information content (AvgIpc) is 3.27. The predicted octanol–water partition coefficient (Wildman–Crippen LogP) is 1.77. The van der Waals surface area contributed by atoms with Gasteiger partial charge in [-0.25, -0.2) is 17.9 Å². The number of carbonyl (C=O) groups excluding carboxylic acids is 1. The number of sulfonamides is 1. The largest absolute Gasteiger partial charge is 0.377 e. The van der Waals surface area contributed by atoms with Crippen LogP contribution < -0.4 is 10.0 Å². The van der Waals surface area contributed by atoms with Crippen LogP contribution in [-0.2, 0) is 14.8 Å². The Morgan fingerprint density at radius 2 is 1.88 bits per heavy atom. The number of nitrogens with one attached hydrogen (secondary N) is 2. The molecule has 0 bridgehead atoms. The van der Waals surface area contributed by atoms with E-state index in [4.69, 9.17) is 4.74 Å². The Balaban J connectivity index is 1.57. The molecule has 2 aliphatic rings. The van der Waals surface area contributed by atoms with Crippen LogP contribution in [0.25, 0.3) is 0 Å². The van der Waals surface area contributed by atoms with E-state index in [9.17, 15) is 13.2 Å². The molecule has 0 radical (unpaired) electrons. The lowest BCUT2D eigenvalue weighted by molar-refractivity contribution is 0.114. The Hall–Kier alpha value is -1.64. The molecule has 2 heterocycles. The highest BCUT2D eigenvalue weighted by Crippen LogP contribution is 2.17. The number of ether oxygens (including phenoxy) is 1. The highest BCUT2D eigenvalue weighted by Gasteiger charge is 2.21. The monoisotopic (exact) mass is 353 g/mol. The maximum absolute atomic E-state index is 12.3. The molecular formula is C16H23N3O4S. The van der Waals surface area contributed by atoms with E-state index in [-0.39, 0.29) is 23.6 Å². The lowest BCUT2D eigenvalue weighted by atomic mass is 10.2. The maximum Gasteiger partial charge on any atom is 0.321 e. The van der Waals surface area contributed by atoms with Crippen LogP contribution in [0.1, 0.15) is 25.7 Å². The van der Waals surface area contributed by atoms with Gasteiger partial charge in [0.2, 0.25) is 10.0 Å². The highest BCUT2D eigenvalue weighted by molar-refractivity contribution is 7.89. The summed E-state index contributed by atoms with van der Waals surface area (Å²) in [6.45, 7) is 2.52. The van der Waals surface area contributed by atoms with Crippen LogP contribution in [0.15, 0.2) is 29.2 Å². The fraction of sp³-hybridized carbons (Fsp3) is 0.562. The van der Waals surface area contributed by atoms with Crippen molar-refractivity contribution < 1.29 is 17.9 Å². The Bertz CT molecular complexity index is 663. The quantitative estimate of drug-likeness (QED) is 0.844. The van der Waals surface area contributed by atoms with Crippen molar-refractivity contribution in [2.75, 3.05) is 31.6 Å². The third kappa shape index (κ3) is 4.25. The molecular weight excluding hydrogens is 330 g/mol. The van der Waals surface area contributed by atoms with Gasteiger partial charge in [-0.3, -0.25) is 0 Å². The first kappa shape index (κ1) is 17.2. The fourth-order valence-electron chi connectivity index (χ4n) is 2.93. The minimum atomic E-state index is -3.56. The summed E-state index contributed by atoms with van der Waals surface area (Å²) in [5.41, 5.74) is 0.588. The maximum atomic E-state index is 12.3. The van der Waals surface area contributed by atoms with Crippen molar-refractivity contribution in [2.24, 2.45) is 0 Å². The van der Waals surface area contributed by atoms with Crippen LogP contribution in [0.5, 0.6) is 0 Å². The van der Waals surface area contributed by atoms with E-state index in [1.807, 2.05) is 0 Å². The Labute approximate surface area is 142 Å². The molecule has 2 N–H and O–H groups in total. The second-order valence-corrected chi connectivity index (χ2v) is 7.90. The molecule has 0 aliphatic carbocycles. The Morgan fingerprint density at radius 3 is 2.50 bits per heavy atom. The molecule has 8 heteroatoms. The Morgan fingerprint density at radius 1 is 1.17 bits per heavy atom. The topological polar surface area (TPSA) is 87.7 Å². The van der Waals surface area contributed by atoms with Crippen LogP contribution in [0.4, 0.5) is 10.5 Å². The van der Waals surface area contributed by atoms with Gasteiger partial charge in [0, 0.05) is 31.9 Å². The normalized spacial score (nSPS) is 21.2. The van der Waals surface area contributed by atoms with E-state index < -0.39 is 10.0 Å². The van der Waals surface area contributed by atoms with Gasteiger partial charge in [-0.15, -0.1) is 0 Å². The second-order valence-electron chi connectivity index (χ2n) is 6.14. The summed E-state index contributed by atoms with van der Waals surface area (Å²) in [6, 6.07) is 6.07. The lowest BCUT2D eigenvalue weighted by Crippen LogP contribution is -2.32. The molecule has 1 aromatic rings. The highest BCUT2D eigenvalue weighted by atomic mass is 32.2. The van der Waals surface area contributed by atoms with E-state index in [1.54, 1.807) is 17.0 Å². The summed E-state index contributed by atoms with van der Waals surface area (Å²) in [4.78, 5) is 14.0. The molecule has 1 atom stereocenters. The van der Waals surface area contributed by atoms with E-state index in [0.717, 1.165) is 38.8 Å². The summed E-state index contributed by atoms with van der Waals surface area (Å²) in [5.74, 6) is 0. The van der Waals surface area contributed by atoms with Gasteiger partial charge < -0.3 is 15.0 Å². The van der Waals surface area contributed by atoms with Crippen LogP contribution in [0.3, 0.4) is 0 Å². The minimum Gasteiger partial charge on any atom is -0.377 e. The van der Waals surface area contributed by atoms with Gasteiger partial charge in [0.1, 0.15) is 0 Å². The molecule has 2 fully saturated rings. The fourth-order valence-corrected chi connectivity index (χ4v) is 4.00. The van der Waals surface area contributed by atoms with Crippen LogP contribution in [-0.4, -0.2) is 51.7 Å². The number of benzene rings is 1. The molecule has 24 heavy (non-hydrogen) atoms. The number of anilines is 1. The third-order valence-electron chi connectivity index (χ3n) is 4.33. The summed E-state index contributed by atoms with van der Waals surface area (Å²) in [5, 5.41) is 2.79. The molecule has 0 aromatic heterocycles. The minimum absolute atomic E-state index is 0.0428. The number of rotatable bonds is 5. The van der Waals surface area contributed by atoms with Gasteiger partial charge >= 0.3 is 6.03 Å². The number of amides is 2. The summed E-state index contributed by atoms with van der Waals surface area (Å²) < 4.78 is 32.5. The first-order chi connectivity index (χ1) is 11.5. The average molecular weight is 353 g/mol. The van der Waals surface area contributed by atoms with Crippen molar-refractivity contribution in [1.29, 1.82) is 0 Å². The molecule has 2 aliphatic heterocycles. The third-order valence-corrected chi connectivity index (χ3v) is 5.77. The number of carbonyl (C=O) groups is 1. The van der Waals surface area contributed by atoms with Gasteiger partial charge in [-0.1, -0.05) is 0 Å². The summed E-state index contributed by atoms with van der Waals surface area (Å²) in [7, 11) is -3.56. The lowest BCUT2D eigenvalue weighted by Gasteiger charge is -2.16. The zero-order valence-electron chi connectivity index (χ0n) is 13.5. The van der Waals surface area contributed by atoms with Gasteiger partial charge in [-0.05, 0) is 49.9 Å². The molecule has 132 valence electrons. The molecule has 2 amide bonds. The molecule has 0 unspecified atom stereocenters. The number of urea groups is 1. The van der Waals surface area contributed by atoms with Gasteiger partial charge in [0.25, 0.3) is 0 Å². The zero-order valence-corrected chi connectivity index (χ0v) is 14.3. The van der Waals surface area contributed by atoms with Crippen molar-refractivity contribution in [1.82, 2.24) is 9.62 Å². The van der Waals surface area contributed by atoms with Crippen molar-refractivity contribution in [3.8, 4) is 0 Å². The van der Waals surface area contributed by atoms with E-state index in [2.05, 4.69) is 10.0 Å². The Kier molecular flexibility index (Phi) is 5.37. The molecule has 0 spiro atoms. The van der Waals surface area contributed by atoms with Crippen molar-refractivity contribution >= 4 is 21.7 Å². The SMILES string of the molecule is O=C(Nc1ccc(S(=O)(=O)NC[C@@H]2CCCO2)cc1)N1CCCC1. The van der Waals surface area contributed by atoms with Crippen LogP contribution in [0.2, 0.25) is 0 Å². The van der Waals surface area contributed by atoms with Gasteiger partial charge in [0.15, 0.2) is 0 Å². The van der Waals surface area contributed by atoms with E-state index >= 15 is 0 Å². The standard InChI is InChI=1S/C16H23N3O4S/c20-16(19-9-1-2-10-19)18-13-5-7-15(8-6-13)24(21,22)17-12-14-4-3-11-23-14/h5-8,14,17H,1-4,9-12H2,(H,18,20)/t14-/m0/s1. The first-order valence-corrected chi connectivity index (χ1v) is 9.80. The molecule has 0 saturated carbocycles. The predicted molar refractivity (Wildman–Crippen MR) is 90.4 cm³/mol. The van der Waals surface area contributed by atoms with Crippen molar-refractivity contribution in [3.63, 3.8) is 0 Å². The summed E-state index contributed by atoms with van der Waals surface area (Å²) in [6.07, 6.45) is 3.86. The van der Waals surface area contributed by atoms with Gasteiger partial charge in [0.05, 0.1) is 11.0 Å². The molecule has 2 saturated heterocycles. The first-order valence-electron chi connectivity index (χ1n) is 8.32.